The molecule has 2 fully saturated rings. The van der Waals surface area contributed by atoms with Crippen LogP contribution in [0.1, 0.15) is 33.1 Å². The minimum atomic E-state index is -0.255. The topological polar surface area (TPSA) is 59.0 Å². The molecule has 1 aromatic heterocycles. The number of pyridine rings is 1. The average Bonchev–Trinajstić information content (AvgIpc) is 3.22. The second-order valence-corrected chi connectivity index (χ2v) is 8.13. The molecule has 0 spiro atoms. The Bertz CT molecular complexity index is 667. The van der Waals surface area contributed by atoms with E-state index in [0.717, 1.165) is 51.5 Å². The lowest BCUT2D eigenvalue weighted by Crippen LogP contribution is -2.46. The zero-order valence-electron chi connectivity index (χ0n) is 19.0. The van der Waals surface area contributed by atoms with Gasteiger partial charge in [-0.1, -0.05) is 6.92 Å². The second-order valence-electron chi connectivity index (χ2n) is 8.13. The van der Waals surface area contributed by atoms with Crippen LogP contribution in [0.4, 0.5) is 10.2 Å². The number of halogens is 2. The monoisotopic (exact) mass is 547 g/mol. The Morgan fingerprint density at radius 1 is 1.16 bits per heavy atom. The van der Waals surface area contributed by atoms with Crippen molar-refractivity contribution in [3.05, 3.63) is 24.1 Å². The van der Waals surface area contributed by atoms with Crippen LogP contribution in [0, 0.1) is 5.82 Å². The highest BCUT2D eigenvalue weighted by atomic mass is 127. The van der Waals surface area contributed by atoms with E-state index in [4.69, 9.17) is 4.99 Å². The summed E-state index contributed by atoms with van der Waals surface area (Å²) in [6.07, 6.45) is 4.88. The normalized spacial score (nSPS) is 20.5. The quantitative estimate of drug-likeness (QED) is 0.215. The smallest absolute Gasteiger partial charge is 0.191 e. The number of rotatable bonds is 9. The Balaban J connectivity index is 0.00000341. The van der Waals surface area contributed by atoms with Crippen LogP contribution in [0.15, 0.2) is 23.3 Å². The Labute approximate surface area is 203 Å². The molecule has 176 valence electrons. The molecule has 9 heteroatoms. The molecule has 2 aliphatic heterocycles. The van der Waals surface area contributed by atoms with Gasteiger partial charge >= 0.3 is 0 Å². The van der Waals surface area contributed by atoms with E-state index in [-0.39, 0.29) is 35.8 Å². The Hall–Kier alpha value is -1.20. The molecule has 1 atom stereocenters. The fraction of sp³-hybridized carbons (Fsp3) is 0.727. The lowest BCUT2D eigenvalue weighted by Gasteiger charge is -2.33. The SMILES string of the molecule is CCNC(=NCCCCN1CCN(CC)CC1)NC1CCN(c2ncccc2F)C1.I. The van der Waals surface area contributed by atoms with Crippen molar-refractivity contribution in [1.29, 1.82) is 0 Å². The summed E-state index contributed by atoms with van der Waals surface area (Å²) in [7, 11) is 0. The average molecular weight is 548 g/mol. The van der Waals surface area contributed by atoms with Crippen LogP contribution in [-0.2, 0) is 0 Å². The molecule has 0 amide bonds. The number of aromatic nitrogens is 1. The molecule has 2 saturated heterocycles. The number of aliphatic imine (C=N–C) groups is 1. The van der Waals surface area contributed by atoms with E-state index in [0.29, 0.717) is 5.82 Å². The van der Waals surface area contributed by atoms with Gasteiger partial charge in [-0.3, -0.25) is 4.99 Å². The van der Waals surface area contributed by atoms with Gasteiger partial charge < -0.3 is 25.3 Å². The lowest BCUT2D eigenvalue weighted by molar-refractivity contribution is 0.136. The molecular weight excluding hydrogens is 508 g/mol. The van der Waals surface area contributed by atoms with Crippen molar-refractivity contribution in [3.63, 3.8) is 0 Å². The Kier molecular flexibility index (Phi) is 11.8. The number of guanidine groups is 1. The first kappa shape index (κ1) is 26.1. The molecule has 1 aromatic rings. The molecule has 3 rings (SSSR count). The molecule has 0 radical (unpaired) electrons. The number of piperazine rings is 1. The zero-order valence-corrected chi connectivity index (χ0v) is 21.4. The molecule has 1 unspecified atom stereocenters. The van der Waals surface area contributed by atoms with Gasteiger partial charge in [0.2, 0.25) is 0 Å². The van der Waals surface area contributed by atoms with Crippen LogP contribution in [-0.4, -0.2) is 92.2 Å². The summed E-state index contributed by atoms with van der Waals surface area (Å²) < 4.78 is 14.0. The number of nitrogens with one attached hydrogen (secondary N) is 2. The third-order valence-electron chi connectivity index (χ3n) is 5.98. The van der Waals surface area contributed by atoms with Crippen molar-refractivity contribution in [3.8, 4) is 0 Å². The molecule has 0 bridgehead atoms. The highest BCUT2D eigenvalue weighted by Gasteiger charge is 2.25. The molecule has 7 nitrogen and oxygen atoms in total. The van der Waals surface area contributed by atoms with Crippen molar-refractivity contribution < 1.29 is 4.39 Å². The van der Waals surface area contributed by atoms with Gasteiger partial charge in [0, 0.05) is 64.6 Å². The first-order chi connectivity index (χ1) is 14.7. The molecule has 2 aliphatic rings. The largest absolute Gasteiger partial charge is 0.357 e. The molecule has 0 aromatic carbocycles. The predicted octanol–water partition coefficient (Wildman–Crippen LogP) is 2.39. The highest BCUT2D eigenvalue weighted by Crippen LogP contribution is 2.20. The summed E-state index contributed by atoms with van der Waals surface area (Å²) in [4.78, 5) is 16.1. The van der Waals surface area contributed by atoms with E-state index in [1.165, 1.54) is 45.2 Å². The summed E-state index contributed by atoms with van der Waals surface area (Å²) in [5.41, 5.74) is 0. The van der Waals surface area contributed by atoms with Crippen LogP contribution in [0.2, 0.25) is 0 Å². The minimum Gasteiger partial charge on any atom is -0.357 e. The van der Waals surface area contributed by atoms with Gasteiger partial charge in [-0.05, 0) is 51.4 Å². The van der Waals surface area contributed by atoms with Gasteiger partial charge in [-0.2, -0.15) is 0 Å². The van der Waals surface area contributed by atoms with Crippen molar-refractivity contribution in [2.75, 3.05) is 70.3 Å². The summed E-state index contributed by atoms with van der Waals surface area (Å²) >= 11 is 0. The van der Waals surface area contributed by atoms with E-state index >= 15 is 0 Å². The molecule has 2 N–H and O–H groups in total. The maximum Gasteiger partial charge on any atom is 0.191 e. The number of anilines is 1. The number of likely N-dealkylation sites (N-methyl/N-ethyl adjacent to an activating group) is 1. The zero-order chi connectivity index (χ0) is 21.2. The molecule has 31 heavy (non-hydrogen) atoms. The first-order valence-corrected chi connectivity index (χ1v) is 11.5. The summed E-state index contributed by atoms with van der Waals surface area (Å²) in [6.45, 7) is 14.6. The molecule has 0 aliphatic carbocycles. The number of hydrogen-bond donors (Lipinski definition) is 2. The van der Waals surface area contributed by atoms with Crippen LogP contribution < -0.4 is 15.5 Å². The fourth-order valence-electron chi connectivity index (χ4n) is 4.16. The van der Waals surface area contributed by atoms with Crippen molar-refractivity contribution in [2.45, 2.75) is 39.2 Å². The van der Waals surface area contributed by atoms with Gasteiger partial charge in [0.25, 0.3) is 0 Å². The van der Waals surface area contributed by atoms with Gasteiger partial charge in [0.05, 0.1) is 0 Å². The number of nitrogens with zero attached hydrogens (tertiary/aromatic N) is 5. The van der Waals surface area contributed by atoms with Crippen molar-refractivity contribution in [1.82, 2.24) is 25.4 Å². The van der Waals surface area contributed by atoms with E-state index in [1.807, 2.05) is 4.90 Å². The second kappa shape index (κ2) is 14.1. The van der Waals surface area contributed by atoms with Crippen molar-refractivity contribution >= 4 is 35.8 Å². The van der Waals surface area contributed by atoms with E-state index in [2.05, 4.69) is 39.3 Å². The third-order valence-corrected chi connectivity index (χ3v) is 5.98. The lowest BCUT2D eigenvalue weighted by atomic mass is 10.2. The Morgan fingerprint density at radius 3 is 2.65 bits per heavy atom. The summed E-state index contributed by atoms with van der Waals surface area (Å²) in [6, 6.07) is 3.35. The van der Waals surface area contributed by atoms with Crippen molar-refractivity contribution in [2.24, 2.45) is 4.99 Å². The van der Waals surface area contributed by atoms with Gasteiger partial charge in [-0.15, -0.1) is 24.0 Å². The van der Waals surface area contributed by atoms with Crippen LogP contribution >= 0.6 is 24.0 Å². The van der Waals surface area contributed by atoms with E-state index < -0.39 is 0 Å². The summed E-state index contributed by atoms with van der Waals surface area (Å²) in [5, 5.41) is 6.86. The van der Waals surface area contributed by atoms with E-state index in [1.54, 1.807) is 12.3 Å². The van der Waals surface area contributed by atoms with Gasteiger partial charge in [-0.25, -0.2) is 9.37 Å². The number of hydrogen-bond acceptors (Lipinski definition) is 5. The molecule has 3 heterocycles. The minimum absolute atomic E-state index is 0. The highest BCUT2D eigenvalue weighted by molar-refractivity contribution is 14.0. The first-order valence-electron chi connectivity index (χ1n) is 11.5. The van der Waals surface area contributed by atoms with Crippen LogP contribution in [0.25, 0.3) is 0 Å². The maximum atomic E-state index is 14.0. The number of unbranched alkanes of at least 4 members (excludes halogenated alkanes) is 1. The van der Waals surface area contributed by atoms with E-state index in [9.17, 15) is 4.39 Å². The van der Waals surface area contributed by atoms with Crippen LogP contribution in [0.5, 0.6) is 0 Å². The summed E-state index contributed by atoms with van der Waals surface area (Å²) in [5.74, 6) is 1.06. The fourth-order valence-corrected chi connectivity index (χ4v) is 4.16. The predicted molar refractivity (Wildman–Crippen MR) is 137 cm³/mol. The van der Waals surface area contributed by atoms with Crippen LogP contribution in [0.3, 0.4) is 0 Å². The molecular formula is C22H39FIN7. The van der Waals surface area contributed by atoms with Gasteiger partial charge in [0.15, 0.2) is 17.6 Å². The Morgan fingerprint density at radius 2 is 1.94 bits per heavy atom. The van der Waals surface area contributed by atoms with Gasteiger partial charge in [0.1, 0.15) is 0 Å². The third kappa shape index (κ3) is 8.34. The maximum absolute atomic E-state index is 14.0. The molecule has 0 saturated carbocycles. The standard InChI is InChI=1S/C22H38FN7.HI/c1-3-24-22(26-10-5-6-12-29-16-14-28(4-2)15-17-29)27-19-9-13-30(18-19)21-20(23)8-7-11-25-21;/h7-8,11,19H,3-6,9-10,12-18H2,1-2H3,(H2,24,26,27);1H.